The van der Waals surface area contributed by atoms with Crippen LogP contribution in [0.3, 0.4) is 0 Å². The summed E-state index contributed by atoms with van der Waals surface area (Å²) in [6.07, 6.45) is 1.07. The largest absolute Gasteiger partial charge is 0.478 e. The second-order valence-corrected chi connectivity index (χ2v) is 3.64. The van der Waals surface area contributed by atoms with Crippen molar-refractivity contribution < 1.29 is 4.74 Å². The quantitative estimate of drug-likeness (QED) is 0.673. The normalized spacial score (nSPS) is 15.6. The fourth-order valence-corrected chi connectivity index (χ4v) is 1.52. The fourth-order valence-electron chi connectivity index (χ4n) is 1.52. The van der Waals surface area contributed by atoms with Gasteiger partial charge in [0.1, 0.15) is 0 Å². The Kier molecular flexibility index (Phi) is 2.22. The zero-order valence-electron chi connectivity index (χ0n) is 8.16. The van der Waals surface area contributed by atoms with Crippen molar-refractivity contribution in [3.8, 4) is 5.88 Å². The first-order chi connectivity index (χ1) is 6.25. The predicted octanol–water partition coefficient (Wildman–Crippen LogP) is 0.727. The third-order valence-corrected chi connectivity index (χ3v) is 2.04. The molecule has 0 N–H and O–H groups in total. The molecule has 4 nitrogen and oxygen atoms in total. The zero-order chi connectivity index (χ0) is 9.26. The Labute approximate surface area is 78.1 Å². The Morgan fingerprint density at radius 3 is 3.15 bits per heavy atom. The van der Waals surface area contributed by atoms with Crippen molar-refractivity contribution in [1.82, 2.24) is 14.7 Å². The molecule has 1 aromatic rings. The topological polar surface area (TPSA) is 30.3 Å². The number of hydrogen-bond donors (Lipinski definition) is 0. The maximum atomic E-state index is 5.47. The van der Waals surface area contributed by atoms with E-state index in [4.69, 9.17) is 4.74 Å². The third-order valence-electron chi connectivity index (χ3n) is 2.04. The lowest BCUT2D eigenvalue weighted by atomic mass is 10.4. The minimum absolute atomic E-state index is 0.826. The second kappa shape index (κ2) is 3.38. The van der Waals surface area contributed by atoms with Crippen LogP contribution >= 0.6 is 0 Å². The lowest BCUT2D eigenvalue weighted by Crippen LogP contribution is -2.15. The Morgan fingerprint density at radius 2 is 2.46 bits per heavy atom. The molecule has 2 heterocycles. The van der Waals surface area contributed by atoms with Gasteiger partial charge in [-0.1, -0.05) is 0 Å². The van der Waals surface area contributed by atoms with E-state index in [0.717, 1.165) is 37.7 Å². The molecule has 0 bridgehead atoms. The van der Waals surface area contributed by atoms with Crippen LogP contribution < -0.4 is 4.74 Å². The van der Waals surface area contributed by atoms with E-state index in [0.29, 0.717) is 0 Å². The highest BCUT2D eigenvalue weighted by Crippen LogP contribution is 2.18. The summed E-state index contributed by atoms with van der Waals surface area (Å²) in [5.41, 5.74) is 1.09. The Bertz CT molecular complexity index is 270. The molecule has 0 saturated heterocycles. The number of nitrogens with zero attached hydrogens (tertiary/aromatic N) is 3. The van der Waals surface area contributed by atoms with Gasteiger partial charge in [0, 0.05) is 25.6 Å². The van der Waals surface area contributed by atoms with Crippen LogP contribution in [0.4, 0.5) is 0 Å². The molecular formula is C9H15N3O. The highest BCUT2D eigenvalue weighted by Gasteiger charge is 2.12. The van der Waals surface area contributed by atoms with Crippen LogP contribution in [0.25, 0.3) is 0 Å². The van der Waals surface area contributed by atoms with Gasteiger partial charge in [0.25, 0.3) is 0 Å². The number of ether oxygens (including phenoxy) is 1. The first-order valence-corrected chi connectivity index (χ1v) is 4.60. The molecule has 0 saturated carbocycles. The highest BCUT2D eigenvalue weighted by atomic mass is 16.5. The molecule has 0 radical (unpaired) electrons. The summed E-state index contributed by atoms with van der Waals surface area (Å²) < 4.78 is 7.41. The summed E-state index contributed by atoms with van der Waals surface area (Å²) in [7, 11) is 4.08. The third kappa shape index (κ3) is 1.83. The fraction of sp³-hybridized carbons (Fsp3) is 0.667. The van der Waals surface area contributed by atoms with E-state index in [9.17, 15) is 0 Å². The molecule has 0 aliphatic carbocycles. The Balaban J connectivity index is 2.15. The molecule has 0 spiro atoms. The molecule has 1 aromatic heterocycles. The highest BCUT2D eigenvalue weighted by molar-refractivity contribution is 5.17. The van der Waals surface area contributed by atoms with Gasteiger partial charge in [-0.15, -0.1) is 0 Å². The Morgan fingerprint density at radius 1 is 1.62 bits per heavy atom. The van der Waals surface area contributed by atoms with Crippen LogP contribution in [0.5, 0.6) is 5.88 Å². The van der Waals surface area contributed by atoms with E-state index in [1.165, 1.54) is 0 Å². The minimum Gasteiger partial charge on any atom is -0.478 e. The molecule has 0 aromatic carbocycles. The first kappa shape index (κ1) is 8.56. The van der Waals surface area contributed by atoms with Crippen molar-refractivity contribution in [2.24, 2.45) is 0 Å². The van der Waals surface area contributed by atoms with Crippen LogP contribution in [-0.2, 0) is 13.1 Å². The van der Waals surface area contributed by atoms with Gasteiger partial charge >= 0.3 is 0 Å². The molecule has 0 unspecified atom stereocenters. The van der Waals surface area contributed by atoms with Crippen LogP contribution in [0, 0.1) is 0 Å². The number of rotatable bonds is 2. The van der Waals surface area contributed by atoms with Crippen LogP contribution in [0.15, 0.2) is 6.07 Å². The smallest absolute Gasteiger partial charge is 0.212 e. The molecule has 13 heavy (non-hydrogen) atoms. The van der Waals surface area contributed by atoms with E-state index in [2.05, 4.69) is 10.00 Å². The molecule has 0 fully saturated rings. The van der Waals surface area contributed by atoms with Crippen molar-refractivity contribution >= 4 is 0 Å². The summed E-state index contributed by atoms with van der Waals surface area (Å²) >= 11 is 0. The summed E-state index contributed by atoms with van der Waals surface area (Å²) in [6, 6.07) is 2.03. The van der Waals surface area contributed by atoms with Gasteiger partial charge in [-0.05, 0) is 14.1 Å². The molecule has 72 valence electrons. The van der Waals surface area contributed by atoms with Gasteiger partial charge in [0.2, 0.25) is 5.88 Å². The first-order valence-electron chi connectivity index (χ1n) is 4.60. The monoisotopic (exact) mass is 181 g/mol. The maximum absolute atomic E-state index is 5.47. The van der Waals surface area contributed by atoms with Gasteiger partial charge in [0.15, 0.2) is 0 Å². The van der Waals surface area contributed by atoms with Crippen LogP contribution in [0.1, 0.15) is 12.1 Å². The lowest BCUT2D eigenvalue weighted by molar-refractivity contribution is 0.230. The number of hydrogen-bond acceptors (Lipinski definition) is 3. The SMILES string of the molecule is CN(C)Cc1cc2n(n1)CCCO2. The number of aryl methyl sites for hydroxylation is 1. The van der Waals surface area contributed by atoms with E-state index in [1.54, 1.807) is 0 Å². The maximum Gasteiger partial charge on any atom is 0.212 e. The average Bonchev–Trinajstić information content (AvgIpc) is 2.44. The minimum atomic E-state index is 0.826. The van der Waals surface area contributed by atoms with Crippen molar-refractivity contribution in [3.05, 3.63) is 11.8 Å². The van der Waals surface area contributed by atoms with Crippen molar-refractivity contribution in [2.45, 2.75) is 19.5 Å². The molecule has 0 atom stereocenters. The molecule has 2 rings (SSSR count). The summed E-state index contributed by atoms with van der Waals surface area (Å²) in [5, 5.41) is 4.44. The average molecular weight is 181 g/mol. The summed E-state index contributed by atoms with van der Waals surface area (Å²) in [5.74, 6) is 0.920. The van der Waals surface area contributed by atoms with Crippen molar-refractivity contribution in [3.63, 3.8) is 0 Å². The predicted molar refractivity (Wildman–Crippen MR) is 49.7 cm³/mol. The lowest BCUT2D eigenvalue weighted by Gasteiger charge is -2.13. The van der Waals surface area contributed by atoms with E-state index >= 15 is 0 Å². The second-order valence-electron chi connectivity index (χ2n) is 3.64. The van der Waals surface area contributed by atoms with Crippen LogP contribution in [-0.4, -0.2) is 35.4 Å². The van der Waals surface area contributed by atoms with Crippen LogP contribution in [0.2, 0.25) is 0 Å². The van der Waals surface area contributed by atoms with Gasteiger partial charge in [-0.25, -0.2) is 4.68 Å². The van der Waals surface area contributed by atoms with E-state index in [1.807, 2.05) is 24.8 Å². The standard InChI is InChI=1S/C9H15N3O/c1-11(2)7-8-6-9-12(10-8)4-3-5-13-9/h6H,3-5,7H2,1-2H3. The zero-order valence-corrected chi connectivity index (χ0v) is 8.16. The van der Waals surface area contributed by atoms with Gasteiger partial charge < -0.3 is 9.64 Å². The van der Waals surface area contributed by atoms with Gasteiger partial charge in [0.05, 0.1) is 12.3 Å². The Hall–Kier alpha value is -1.03. The molecule has 1 aliphatic heterocycles. The number of fused-ring (bicyclic) bond motifs is 1. The van der Waals surface area contributed by atoms with Crippen molar-refractivity contribution in [2.75, 3.05) is 20.7 Å². The van der Waals surface area contributed by atoms with Gasteiger partial charge in [-0.3, -0.25) is 0 Å². The molecule has 1 aliphatic rings. The molecule has 4 heteroatoms. The van der Waals surface area contributed by atoms with Crippen molar-refractivity contribution in [1.29, 1.82) is 0 Å². The van der Waals surface area contributed by atoms with E-state index < -0.39 is 0 Å². The molecular weight excluding hydrogens is 166 g/mol. The van der Waals surface area contributed by atoms with E-state index in [-0.39, 0.29) is 0 Å². The molecule has 0 amide bonds. The van der Waals surface area contributed by atoms with Gasteiger partial charge in [-0.2, -0.15) is 5.10 Å². The summed E-state index contributed by atoms with van der Waals surface area (Å²) in [4.78, 5) is 2.11. The summed E-state index contributed by atoms with van der Waals surface area (Å²) in [6.45, 7) is 2.69. The number of aromatic nitrogens is 2.